The molecule has 0 unspecified atom stereocenters. The molecule has 3 heterocycles. The number of rotatable bonds is 5. The summed E-state index contributed by atoms with van der Waals surface area (Å²) in [5.74, 6) is -14.3. The lowest BCUT2D eigenvalue weighted by atomic mass is 10.2. The lowest BCUT2D eigenvalue weighted by molar-refractivity contribution is 0.0711. The van der Waals surface area contributed by atoms with Crippen LogP contribution in [0.15, 0.2) is 40.7 Å². The summed E-state index contributed by atoms with van der Waals surface area (Å²) >= 11 is 1.42. The Morgan fingerprint density at radius 3 is 2.37 bits per heavy atom. The molecule has 1 aliphatic rings. The van der Waals surface area contributed by atoms with Gasteiger partial charge in [-0.1, -0.05) is 11.3 Å². The smallest absolute Gasteiger partial charge is 0.360 e. The number of nitrogens with one attached hydrogen (secondary N) is 1. The van der Waals surface area contributed by atoms with Gasteiger partial charge in [0, 0.05) is 24.0 Å². The fraction of sp³-hybridized carbons (Fsp3) is 0.182. The van der Waals surface area contributed by atoms with E-state index in [4.69, 9.17) is 0 Å². The number of hydrogen-bond donors (Lipinski definition) is 1. The maximum atomic E-state index is 13.8. The first kappa shape index (κ1) is 22.9. The Morgan fingerprint density at radius 1 is 0.971 bits per heavy atom. The van der Waals surface area contributed by atoms with Crippen molar-refractivity contribution >= 4 is 44.0 Å². The molecule has 0 spiro atoms. The Bertz CT molecular complexity index is 1450. The summed E-state index contributed by atoms with van der Waals surface area (Å²) in [5, 5.41) is 10.3. The zero-order chi connectivity index (χ0) is 24.7. The summed E-state index contributed by atoms with van der Waals surface area (Å²) in [6, 6.07) is 6.08. The summed E-state index contributed by atoms with van der Waals surface area (Å²) in [5.41, 5.74) is 0.630. The van der Waals surface area contributed by atoms with Gasteiger partial charge < -0.3 is 14.6 Å². The average Bonchev–Trinajstić information content (AvgIpc) is 3.62. The molecule has 0 atom stereocenters. The number of esters is 1. The van der Waals surface area contributed by atoms with Crippen LogP contribution in [0.5, 0.6) is 5.75 Å². The molecule has 0 bridgehead atoms. The van der Waals surface area contributed by atoms with E-state index in [0.29, 0.717) is 21.6 Å². The largest absolute Gasteiger partial charge is 0.415 e. The second-order valence-electron chi connectivity index (χ2n) is 7.62. The molecule has 0 radical (unpaired) electrons. The highest BCUT2D eigenvalue weighted by atomic mass is 32.1. The van der Waals surface area contributed by atoms with Gasteiger partial charge in [-0.15, -0.1) is 10.2 Å². The fourth-order valence-electron chi connectivity index (χ4n) is 3.58. The molecule has 0 saturated carbocycles. The van der Waals surface area contributed by atoms with Crippen molar-refractivity contribution in [2.24, 2.45) is 10.2 Å². The first-order valence-electron chi connectivity index (χ1n) is 10.3. The second-order valence-corrected chi connectivity index (χ2v) is 8.61. The molecule has 0 amide bonds. The number of anilines is 1. The Morgan fingerprint density at radius 2 is 1.66 bits per heavy atom. The van der Waals surface area contributed by atoms with Crippen molar-refractivity contribution in [1.82, 2.24) is 9.97 Å². The normalized spacial score (nSPS) is 13.9. The van der Waals surface area contributed by atoms with Crippen LogP contribution < -0.4 is 9.64 Å². The van der Waals surface area contributed by atoms with E-state index in [-0.39, 0.29) is 5.69 Å². The van der Waals surface area contributed by atoms with Gasteiger partial charge in [-0.3, -0.25) is 0 Å². The van der Waals surface area contributed by atoms with Gasteiger partial charge >= 0.3 is 5.97 Å². The van der Waals surface area contributed by atoms with Gasteiger partial charge in [-0.05, 0) is 37.1 Å². The zero-order valence-electron chi connectivity index (χ0n) is 17.6. The van der Waals surface area contributed by atoms with Gasteiger partial charge in [-0.25, -0.2) is 22.9 Å². The van der Waals surface area contributed by atoms with E-state index in [0.717, 1.165) is 31.1 Å². The minimum Gasteiger partial charge on any atom is -0.415 e. The van der Waals surface area contributed by atoms with Crippen LogP contribution in [0.3, 0.4) is 0 Å². The third-order valence-corrected chi connectivity index (χ3v) is 6.25. The van der Waals surface area contributed by atoms with E-state index >= 15 is 0 Å². The number of aromatic nitrogens is 2. The molecule has 2 aromatic heterocycles. The van der Waals surface area contributed by atoms with E-state index in [1.165, 1.54) is 17.4 Å². The zero-order valence-corrected chi connectivity index (χ0v) is 18.4. The molecule has 2 aromatic carbocycles. The van der Waals surface area contributed by atoms with Crippen LogP contribution in [-0.2, 0) is 0 Å². The van der Waals surface area contributed by atoms with Crippen LogP contribution >= 0.6 is 11.3 Å². The average molecular weight is 507 g/mol. The summed E-state index contributed by atoms with van der Waals surface area (Å²) in [4.78, 5) is 21.5. The van der Waals surface area contributed by atoms with Crippen LogP contribution in [0.2, 0.25) is 0 Å². The molecule has 7 nitrogen and oxygen atoms in total. The summed E-state index contributed by atoms with van der Waals surface area (Å²) in [6.07, 6.45) is 3.89. The number of carbonyl (C=O) groups is 1. The third kappa shape index (κ3) is 4.34. The highest BCUT2D eigenvalue weighted by molar-refractivity contribution is 7.19. The number of ether oxygens (including phenoxy) is 1. The van der Waals surface area contributed by atoms with E-state index in [9.17, 15) is 26.7 Å². The van der Waals surface area contributed by atoms with Crippen LogP contribution in [0.1, 0.15) is 23.3 Å². The first-order valence-corrected chi connectivity index (χ1v) is 11.1. The van der Waals surface area contributed by atoms with Crippen molar-refractivity contribution in [1.29, 1.82) is 0 Å². The fourth-order valence-corrected chi connectivity index (χ4v) is 4.37. The van der Waals surface area contributed by atoms with Crippen molar-refractivity contribution in [3.05, 3.63) is 65.2 Å². The van der Waals surface area contributed by atoms with Crippen molar-refractivity contribution < 1.29 is 31.5 Å². The molecule has 180 valence electrons. The predicted molar refractivity (Wildman–Crippen MR) is 117 cm³/mol. The van der Waals surface area contributed by atoms with Gasteiger partial charge in [0.05, 0.1) is 11.9 Å². The number of hydrogen-bond acceptors (Lipinski definition) is 7. The highest BCUT2D eigenvalue weighted by Crippen LogP contribution is 2.33. The molecule has 13 heteroatoms. The second kappa shape index (κ2) is 9.06. The van der Waals surface area contributed by atoms with E-state index in [1.807, 2.05) is 0 Å². The number of H-pyrrole nitrogens is 1. The maximum Gasteiger partial charge on any atom is 0.360 e. The third-order valence-electron chi connectivity index (χ3n) is 5.31. The Hall–Kier alpha value is -3.87. The summed E-state index contributed by atoms with van der Waals surface area (Å²) < 4.78 is 72.0. The summed E-state index contributed by atoms with van der Waals surface area (Å²) in [6.45, 7) is 1.92. The minimum atomic E-state index is -2.35. The van der Waals surface area contributed by atoms with E-state index < -0.39 is 40.8 Å². The van der Waals surface area contributed by atoms with Crippen LogP contribution in [0.25, 0.3) is 10.9 Å². The first-order chi connectivity index (χ1) is 16.8. The SMILES string of the molecule is O=C(Oc1c(F)c(F)c(F)c(F)c1F)c1cc2cc(N=Nc3cnc(N4CCCC4)s3)ccc2[nH]1. The maximum absolute atomic E-state index is 13.8. The topological polar surface area (TPSA) is 82.9 Å². The van der Waals surface area contributed by atoms with E-state index in [1.54, 1.807) is 24.4 Å². The number of carbonyl (C=O) groups excluding carboxylic acids is 1. The number of azo groups is 1. The number of benzene rings is 2. The standard InChI is InChI=1S/C22H14F5N5O2S/c23-15-16(24)18(26)20(19(27)17(15)25)34-21(33)13-8-10-7-11(3-4-12(10)29-13)30-31-14-9-28-22(35-14)32-5-1-2-6-32/h3-4,7-9,29H,1-2,5-6H2. The number of fused-ring (bicyclic) bond motifs is 1. The summed E-state index contributed by atoms with van der Waals surface area (Å²) in [7, 11) is 0. The molecular weight excluding hydrogens is 493 g/mol. The quantitative estimate of drug-likeness (QED) is 0.0829. The van der Waals surface area contributed by atoms with Crippen molar-refractivity contribution in [3.63, 3.8) is 0 Å². The Kier molecular flexibility index (Phi) is 5.93. The van der Waals surface area contributed by atoms with Crippen LogP contribution in [-0.4, -0.2) is 29.0 Å². The predicted octanol–water partition coefficient (Wildman–Crippen LogP) is 6.55. The van der Waals surface area contributed by atoms with Gasteiger partial charge in [0.2, 0.25) is 34.8 Å². The molecule has 0 aliphatic carbocycles. The van der Waals surface area contributed by atoms with Crippen molar-refractivity contribution in [2.75, 3.05) is 18.0 Å². The van der Waals surface area contributed by atoms with E-state index in [2.05, 4.69) is 29.8 Å². The molecule has 5 rings (SSSR count). The monoisotopic (exact) mass is 507 g/mol. The number of halogens is 5. The number of aromatic amines is 1. The van der Waals surface area contributed by atoms with Gasteiger partial charge in [-0.2, -0.15) is 8.78 Å². The molecule has 1 fully saturated rings. The highest BCUT2D eigenvalue weighted by Gasteiger charge is 2.29. The Labute approximate surface area is 197 Å². The van der Waals surface area contributed by atoms with Crippen LogP contribution in [0, 0.1) is 29.1 Å². The van der Waals surface area contributed by atoms with Crippen molar-refractivity contribution in [2.45, 2.75) is 12.8 Å². The molecule has 1 aliphatic heterocycles. The number of nitrogens with zero attached hydrogens (tertiary/aromatic N) is 4. The van der Waals surface area contributed by atoms with Gasteiger partial charge in [0.25, 0.3) is 0 Å². The lowest BCUT2D eigenvalue weighted by Crippen LogP contribution is -2.16. The molecule has 1 saturated heterocycles. The van der Waals surface area contributed by atoms with Crippen LogP contribution in [0.4, 0.5) is 37.8 Å². The molecule has 35 heavy (non-hydrogen) atoms. The number of thiazole rings is 1. The molecular formula is C22H14F5N5O2S. The van der Waals surface area contributed by atoms with Gasteiger partial charge in [0.15, 0.2) is 10.1 Å². The molecule has 1 N–H and O–H groups in total. The lowest BCUT2D eigenvalue weighted by Gasteiger charge is -2.11. The minimum absolute atomic E-state index is 0.268. The Balaban J connectivity index is 1.35. The van der Waals surface area contributed by atoms with Crippen molar-refractivity contribution in [3.8, 4) is 5.75 Å². The molecule has 4 aromatic rings. The van der Waals surface area contributed by atoms with Gasteiger partial charge in [0.1, 0.15) is 5.69 Å².